The van der Waals surface area contributed by atoms with Gasteiger partial charge in [-0.3, -0.25) is 13.7 Å². The maximum atomic E-state index is 12.5. The molecule has 0 unspecified atom stereocenters. The standard InChI is InChI=1S/C41H28N8O9S3.2O3S/c1-24-20-29(14-19-35(24)45-47-37-23-39(61(56,57)58)34-22-31(59(50,51)52)16-17-33(34)41(37)49(45)47)43-42-28-12-7-25(8-13-28)6-9-27-10-15-30(21-38(27)60(53,54)55)44-46-36-18-11-26-4-2-3-5-32(26)40(36)48(44)46;2*1-4(2)3/h2-23H,1H3,(H,50,51,52)(H,53,54,55)(H,56,57,58);;. The SMILES string of the molecule is Cc1cc(N=Nc2ccc(C=Cc3ccc(-n4n5c6ccc7ccccc7c6n45)cc3S(=O)(=O)O)cc2)ccc1-n1n2c3cc(S(=O)(=O)O)c4cc(S(=O)(=O)O)ccc4c3n12.O=S(=O)=O.O=S(=O)=O. The van der Waals surface area contributed by atoms with Gasteiger partial charge in [0.25, 0.3) is 30.4 Å². The van der Waals surface area contributed by atoms with Crippen LogP contribution in [0.4, 0.5) is 11.4 Å². The molecule has 0 amide bonds. The fourth-order valence-corrected chi connectivity index (χ4v) is 9.87. The number of fused-ring (bicyclic) bond motifs is 12. The van der Waals surface area contributed by atoms with Gasteiger partial charge in [0, 0.05) is 16.2 Å². The van der Waals surface area contributed by atoms with E-state index in [0.29, 0.717) is 39.0 Å². The van der Waals surface area contributed by atoms with Crippen molar-refractivity contribution in [1.82, 2.24) is 28.1 Å². The van der Waals surface area contributed by atoms with Crippen LogP contribution in [0.1, 0.15) is 16.7 Å². The van der Waals surface area contributed by atoms with E-state index in [9.17, 15) is 38.9 Å². The first-order chi connectivity index (χ1) is 32.5. The second-order valence-corrected chi connectivity index (χ2v) is 20.0. The molecule has 11 rings (SSSR count). The van der Waals surface area contributed by atoms with Gasteiger partial charge in [-0.05, 0) is 95.7 Å². The van der Waals surface area contributed by atoms with Crippen molar-refractivity contribution >= 4 is 119 Å². The van der Waals surface area contributed by atoms with Gasteiger partial charge in [0.2, 0.25) is 0 Å². The first kappa shape index (κ1) is 46.3. The third-order valence-electron chi connectivity index (χ3n) is 10.9. The average molecular weight is 1030 g/mol. The second-order valence-electron chi connectivity index (χ2n) is 15.0. The average Bonchev–Trinajstić information content (AvgIpc) is 4.13. The Bertz CT molecular complexity index is 4500. The Balaban J connectivity index is 0.000000690. The van der Waals surface area contributed by atoms with Crippen LogP contribution in [-0.2, 0) is 51.6 Å². The summed E-state index contributed by atoms with van der Waals surface area (Å²) in [6, 6.07) is 34.3. The van der Waals surface area contributed by atoms with Gasteiger partial charge in [0.15, 0.2) is 0 Å². The van der Waals surface area contributed by atoms with Gasteiger partial charge in [-0.25, -0.2) is 0 Å². The summed E-state index contributed by atoms with van der Waals surface area (Å²) in [6.07, 6.45) is 3.35. The van der Waals surface area contributed by atoms with Crippen LogP contribution >= 0.6 is 0 Å². The minimum atomic E-state index is -4.76. The molecule has 3 N–H and O–H groups in total. The van der Waals surface area contributed by atoms with Gasteiger partial charge in [0.05, 0.1) is 27.6 Å². The molecule has 4 heterocycles. The number of rotatable bonds is 9. The lowest BCUT2D eigenvalue weighted by Crippen LogP contribution is -2.04. The summed E-state index contributed by atoms with van der Waals surface area (Å²) in [5.41, 5.74) is 7.37. The topological polar surface area (TPSA) is 318 Å². The Kier molecular flexibility index (Phi) is 11.2. The van der Waals surface area contributed by atoms with Crippen molar-refractivity contribution < 1.29 is 64.2 Å². The molecule has 28 heteroatoms. The van der Waals surface area contributed by atoms with E-state index in [1.165, 1.54) is 18.2 Å². The van der Waals surface area contributed by atoms with Crippen molar-refractivity contribution in [3.63, 3.8) is 0 Å². The van der Waals surface area contributed by atoms with E-state index in [2.05, 4.69) is 10.2 Å². The molecular weight excluding hydrogens is 1000 g/mol. The highest BCUT2D eigenvalue weighted by atomic mass is 32.2. The van der Waals surface area contributed by atoms with Crippen LogP contribution in [0.15, 0.2) is 146 Å². The van der Waals surface area contributed by atoms with Crippen LogP contribution < -0.4 is 0 Å². The van der Waals surface area contributed by atoms with Gasteiger partial charge in [-0.1, -0.05) is 66.7 Å². The Morgan fingerprint density at radius 1 is 0.507 bits per heavy atom. The number of azo groups is 1. The van der Waals surface area contributed by atoms with Crippen LogP contribution in [0, 0.1) is 6.92 Å². The van der Waals surface area contributed by atoms with Crippen molar-refractivity contribution in [2.45, 2.75) is 21.6 Å². The summed E-state index contributed by atoms with van der Waals surface area (Å²) in [4.78, 5) is 2.38. The molecule has 0 radical (unpaired) electrons. The molecule has 0 bridgehead atoms. The zero-order valence-corrected chi connectivity index (χ0v) is 38.6. The van der Waals surface area contributed by atoms with E-state index in [1.807, 2.05) is 69.5 Å². The van der Waals surface area contributed by atoms with Crippen molar-refractivity contribution in [2.75, 3.05) is 0 Å². The molecule has 69 heavy (non-hydrogen) atoms. The summed E-state index contributed by atoms with van der Waals surface area (Å²) in [5, 5.41) is 11.2. The highest BCUT2D eigenvalue weighted by molar-refractivity contribution is 7.86. The summed E-state index contributed by atoms with van der Waals surface area (Å²) in [5.74, 6) is 0. The van der Waals surface area contributed by atoms with E-state index in [0.717, 1.165) is 50.8 Å². The maximum Gasteiger partial charge on any atom is 0.425 e. The number of hydrogen-bond donors (Lipinski definition) is 3. The van der Waals surface area contributed by atoms with Gasteiger partial charge >= 0.3 is 21.2 Å². The molecule has 7 aromatic carbocycles. The van der Waals surface area contributed by atoms with E-state index in [1.54, 1.807) is 68.7 Å². The zero-order chi connectivity index (χ0) is 49.5. The number of nitrogens with zero attached hydrogens (tertiary/aromatic N) is 8. The van der Waals surface area contributed by atoms with Gasteiger partial charge in [-0.15, -0.1) is 43.8 Å². The third kappa shape index (κ3) is 8.68. The van der Waals surface area contributed by atoms with E-state index in [4.69, 9.17) is 25.3 Å². The molecule has 23 nitrogen and oxygen atoms in total. The lowest BCUT2D eigenvalue weighted by Gasteiger charge is -2.09. The molecule has 0 spiro atoms. The van der Waals surface area contributed by atoms with Crippen LogP contribution in [-0.4, -0.2) is 92.3 Å². The molecule has 4 aromatic heterocycles. The quantitative estimate of drug-likeness (QED) is 0.0837. The first-order valence-electron chi connectivity index (χ1n) is 19.4. The lowest BCUT2D eigenvalue weighted by atomic mass is 10.1. The van der Waals surface area contributed by atoms with Crippen molar-refractivity contribution in [1.29, 1.82) is 0 Å². The van der Waals surface area contributed by atoms with Crippen molar-refractivity contribution in [2.24, 2.45) is 10.2 Å². The molecule has 352 valence electrons. The van der Waals surface area contributed by atoms with Crippen LogP contribution in [0.25, 0.3) is 67.1 Å². The van der Waals surface area contributed by atoms with Crippen molar-refractivity contribution in [3.05, 3.63) is 138 Å². The normalized spacial score (nSPS) is 12.6. The maximum absolute atomic E-state index is 12.5. The third-order valence-corrected chi connectivity index (χ3v) is 13.5. The van der Waals surface area contributed by atoms with E-state index in [-0.39, 0.29) is 10.3 Å². The Hall–Kier alpha value is -7.83. The molecule has 0 saturated heterocycles. The summed E-state index contributed by atoms with van der Waals surface area (Å²) < 4.78 is 161. The highest BCUT2D eigenvalue weighted by Gasteiger charge is 2.31. The molecule has 0 fully saturated rings. The molecule has 0 atom stereocenters. The molecular formula is C41H28N8O15S5. The van der Waals surface area contributed by atoms with Gasteiger partial charge in [0.1, 0.15) is 31.9 Å². The number of aryl methyl sites for hydroxylation is 1. The molecule has 0 aliphatic heterocycles. The number of benzene rings is 7. The largest absolute Gasteiger partial charge is 0.425 e. The minimum absolute atomic E-state index is 0.0625. The summed E-state index contributed by atoms with van der Waals surface area (Å²) in [7, 11) is -20.2. The molecule has 0 saturated carbocycles. The van der Waals surface area contributed by atoms with Crippen LogP contribution in [0.2, 0.25) is 0 Å². The fourth-order valence-electron chi connectivity index (χ4n) is 7.96. The Morgan fingerprint density at radius 2 is 1.12 bits per heavy atom. The molecule has 0 aliphatic carbocycles. The Labute approximate surface area is 390 Å². The minimum Gasteiger partial charge on any atom is -0.282 e. The van der Waals surface area contributed by atoms with Crippen LogP contribution in [0.5, 0.6) is 0 Å². The summed E-state index contributed by atoms with van der Waals surface area (Å²) in [6.45, 7) is 1.87. The smallest absolute Gasteiger partial charge is 0.282 e. The predicted molar refractivity (Wildman–Crippen MR) is 246 cm³/mol. The van der Waals surface area contributed by atoms with Crippen molar-refractivity contribution in [3.8, 4) is 11.4 Å². The van der Waals surface area contributed by atoms with Gasteiger partial charge in [-0.2, -0.15) is 45.1 Å². The fraction of sp³-hybridized carbons (Fsp3) is 0.0244. The monoisotopic (exact) mass is 1030 g/mol. The van der Waals surface area contributed by atoms with E-state index >= 15 is 0 Å². The van der Waals surface area contributed by atoms with E-state index < -0.39 is 61.4 Å². The molecule has 0 aliphatic rings. The summed E-state index contributed by atoms with van der Waals surface area (Å²) >= 11 is 0. The van der Waals surface area contributed by atoms with Gasteiger partial charge < -0.3 is 0 Å². The Morgan fingerprint density at radius 3 is 1.77 bits per heavy atom. The zero-order valence-electron chi connectivity index (χ0n) is 34.6. The number of hydrogen-bond acceptors (Lipinski definition) is 14. The second kappa shape index (κ2) is 16.7. The molecule has 11 aromatic rings. The highest BCUT2D eigenvalue weighted by Crippen LogP contribution is 2.39. The number of aromatic nitrogens is 6. The van der Waals surface area contributed by atoms with Crippen LogP contribution in [0.3, 0.4) is 0 Å². The predicted octanol–water partition coefficient (Wildman–Crippen LogP) is 6.09. The first-order valence-corrected chi connectivity index (χ1v) is 25.7. The lowest BCUT2D eigenvalue weighted by molar-refractivity contribution is 0.480.